The van der Waals surface area contributed by atoms with E-state index in [0.29, 0.717) is 13.2 Å². The average Bonchev–Trinajstić information content (AvgIpc) is 2.06. The Morgan fingerprint density at radius 3 is 2.91 bits per heavy atom. The van der Waals surface area contributed by atoms with Gasteiger partial charge in [-0.05, 0) is 7.05 Å². The first kappa shape index (κ1) is 8.54. The van der Waals surface area contributed by atoms with Crippen LogP contribution in [0.25, 0.3) is 0 Å². The van der Waals surface area contributed by atoms with Crippen molar-refractivity contribution in [3.05, 3.63) is 0 Å². The number of hydrogen-bond acceptors (Lipinski definition) is 3. The number of rotatable bonds is 1. The zero-order valence-electron chi connectivity index (χ0n) is 6.71. The van der Waals surface area contributed by atoms with E-state index in [-0.39, 0.29) is 6.61 Å². The summed E-state index contributed by atoms with van der Waals surface area (Å²) >= 11 is 0. The highest BCUT2D eigenvalue weighted by Crippen LogP contribution is 2.16. The quantitative estimate of drug-likeness (QED) is 0.509. The number of aliphatic hydroxyl groups excluding tert-OH is 1. The van der Waals surface area contributed by atoms with Crippen LogP contribution in [-0.2, 0) is 4.74 Å². The molecule has 0 saturated carbocycles. The molecule has 0 bridgehead atoms. The van der Waals surface area contributed by atoms with Gasteiger partial charge in [0.15, 0.2) is 0 Å². The number of hydrogen-bond donors (Lipinski definition) is 1. The zero-order chi connectivity index (χ0) is 8.32. The molecule has 0 spiro atoms. The van der Waals surface area contributed by atoms with E-state index >= 15 is 0 Å². The minimum absolute atomic E-state index is 0.0417. The van der Waals surface area contributed by atoms with Gasteiger partial charge in [-0.15, -0.1) is 6.42 Å². The average molecular weight is 155 g/mol. The Morgan fingerprint density at radius 2 is 2.55 bits per heavy atom. The molecule has 0 amide bonds. The molecule has 62 valence electrons. The largest absolute Gasteiger partial charge is 0.393 e. The van der Waals surface area contributed by atoms with Gasteiger partial charge >= 0.3 is 0 Å². The smallest absolute Gasteiger partial charge is 0.129 e. The van der Waals surface area contributed by atoms with Crippen LogP contribution in [0.5, 0.6) is 0 Å². The predicted molar refractivity (Wildman–Crippen MR) is 42.1 cm³/mol. The Morgan fingerprint density at radius 1 is 1.82 bits per heavy atom. The molecule has 1 rings (SSSR count). The first-order valence-corrected chi connectivity index (χ1v) is 3.63. The molecule has 1 aliphatic heterocycles. The third-order valence-electron chi connectivity index (χ3n) is 2.17. The summed E-state index contributed by atoms with van der Waals surface area (Å²) in [6, 6.07) is 0. The van der Waals surface area contributed by atoms with Crippen molar-refractivity contribution in [1.29, 1.82) is 0 Å². The number of morpholine rings is 1. The van der Waals surface area contributed by atoms with Crippen molar-refractivity contribution in [2.24, 2.45) is 0 Å². The van der Waals surface area contributed by atoms with Gasteiger partial charge in [-0.2, -0.15) is 0 Å². The molecule has 0 radical (unpaired) electrons. The highest BCUT2D eigenvalue weighted by Gasteiger charge is 2.34. The number of ether oxygens (including phenoxy) is 1. The second-order valence-corrected chi connectivity index (χ2v) is 2.81. The van der Waals surface area contributed by atoms with Crippen LogP contribution < -0.4 is 0 Å². The summed E-state index contributed by atoms with van der Waals surface area (Å²) in [5.41, 5.74) is -0.585. The SMILES string of the molecule is C#CC1(CO)COCCN1C. The minimum atomic E-state index is -0.585. The molecule has 3 heteroatoms. The van der Waals surface area contributed by atoms with Crippen molar-refractivity contribution >= 4 is 0 Å². The van der Waals surface area contributed by atoms with Crippen LogP contribution in [0.2, 0.25) is 0 Å². The number of terminal acetylenes is 1. The van der Waals surface area contributed by atoms with E-state index in [2.05, 4.69) is 5.92 Å². The summed E-state index contributed by atoms with van der Waals surface area (Å²) in [4.78, 5) is 1.95. The summed E-state index contributed by atoms with van der Waals surface area (Å²) in [6.45, 7) is 1.86. The molecule has 0 aromatic rings. The van der Waals surface area contributed by atoms with Crippen LogP contribution in [0, 0.1) is 12.3 Å². The molecule has 1 aliphatic rings. The predicted octanol–water partition coefficient (Wildman–Crippen LogP) is -0.687. The fourth-order valence-electron chi connectivity index (χ4n) is 1.13. The Bertz CT molecular complexity index is 175. The standard InChI is InChI=1S/C8H13NO2/c1-3-8(6-10)7-11-5-4-9(8)2/h1,10H,4-7H2,2H3. The molecule has 1 N–H and O–H groups in total. The monoisotopic (exact) mass is 155 g/mol. The molecule has 0 aromatic heterocycles. The van der Waals surface area contributed by atoms with Crippen LogP contribution in [-0.4, -0.2) is 49.0 Å². The van der Waals surface area contributed by atoms with E-state index in [9.17, 15) is 0 Å². The summed E-state index contributed by atoms with van der Waals surface area (Å²) < 4.78 is 5.19. The Hall–Kier alpha value is -0.560. The zero-order valence-corrected chi connectivity index (χ0v) is 6.71. The molecule has 1 atom stereocenters. The molecular weight excluding hydrogens is 142 g/mol. The van der Waals surface area contributed by atoms with Crippen LogP contribution in [0.1, 0.15) is 0 Å². The number of likely N-dealkylation sites (N-methyl/N-ethyl adjacent to an activating group) is 1. The second-order valence-electron chi connectivity index (χ2n) is 2.81. The maximum absolute atomic E-state index is 9.05. The molecule has 1 heterocycles. The van der Waals surface area contributed by atoms with E-state index in [1.807, 2.05) is 11.9 Å². The van der Waals surface area contributed by atoms with E-state index in [4.69, 9.17) is 16.3 Å². The Balaban J connectivity index is 2.71. The van der Waals surface area contributed by atoms with E-state index in [1.165, 1.54) is 0 Å². The first-order valence-electron chi connectivity index (χ1n) is 3.63. The van der Waals surface area contributed by atoms with Crippen LogP contribution in [0.3, 0.4) is 0 Å². The number of aliphatic hydroxyl groups is 1. The highest BCUT2D eigenvalue weighted by atomic mass is 16.5. The molecule has 3 nitrogen and oxygen atoms in total. The number of nitrogens with zero attached hydrogens (tertiary/aromatic N) is 1. The van der Waals surface area contributed by atoms with Crippen molar-refractivity contribution in [2.45, 2.75) is 5.54 Å². The van der Waals surface area contributed by atoms with Crippen LogP contribution >= 0.6 is 0 Å². The topological polar surface area (TPSA) is 32.7 Å². The van der Waals surface area contributed by atoms with Crippen molar-refractivity contribution in [1.82, 2.24) is 4.90 Å². The van der Waals surface area contributed by atoms with E-state index in [1.54, 1.807) is 0 Å². The summed E-state index contributed by atoms with van der Waals surface area (Å²) in [5.74, 6) is 2.57. The van der Waals surface area contributed by atoms with E-state index < -0.39 is 5.54 Å². The van der Waals surface area contributed by atoms with Gasteiger partial charge < -0.3 is 9.84 Å². The fourth-order valence-corrected chi connectivity index (χ4v) is 1.13. The van der Waals surface area contributed by atoms with Gasteiger partial charge in [0, 0.05) is 6.54 Å². The fraction of sp³-hybridized carbons (Fsp3) is 0.750. The lowest BCUT2D eigenvalue weighted by Crippen LogP contribution is -2.56. The lowest BCUT2D eigenvalue weighted by Gasteiger charge is -2.39. The highest BCUT2D eigenvalue weighted by molar-refractivity contribution is 5.14. The van der Waals surface area contributed by atoms with Gasteiger partial charge in [0.2, 0.25) is 0 Å². The summed E-state index contributed by atoms with van der Waals surface area (Å²) in [5, 5.41) is 9.05. The third-order valence-corrected chi connectivity index (χ3v) is 2.17. The Kier molecular flexibility index (Phi) is 2.50. The summed E-state index contributed by atoms with van der Waals surface area (Å²) in [7, 11) is 1.90. The van der Waals surface area contributed by atoms with Gasteiger partial charge in [0.1, 0.15) is 5.54 Å². The Labute approximate surface area is 67.0 Å². The van der Waals surface area contributed by atoms with Crippen LogP contribution in [0.15, 0.2) is 0 Å². The molecule has 1 fully saturated rings. The lowest BCUT2D eigenvalue weighted by atomic mass is 10.0. The lowest BCUT2D eigenvalue weighted by molar-refractivity contribution is -0.0494. The molecule has 1 saturated heterocycles. The maximum Gasteiger partial charge on any atom is 0.129 e. The molecule has 1 unspecified atom stereocenters. The third kappa shape index (κ3) is 1.38. The normalized spacial score (nSPS) is 33.2. The minimum Gasteiger partial charge on any atom is -0.393 e. The van der Waals surface area contributed by atoms with Gasteiger partial charge in [-0.1, -0.05) is 5.92 Å². The van der Waals surface area contributed by atoms with Gasteiger partial charge in [-0.3, -0.25) is 4.90 Å². The van der Waals surface area contributed by atoms with Crippen LogP contribution in [0.4, 0.5) is 0 Å². The molecule has 11 heavy (non-hydrogen) atoms. The van der Waals surface area contributed by atoms with E-state index in [0.717, 1.165) is 6.54 Å². The van der Waals surface area contributed by atoms with Gasteiger partial charge in [-0.25, -0.2) is 0 Å². The molecule has 0 aromatic carbocycles. The molecular formula is C8H13NO2. The van der Waals surface area contributed by atoms with Crippen molar-refractivity contribution in [3.8, 4) is 12.3 Å². The first-order chi connectivity index (χ1) is 5.25. The van der Waals surface area contributed by atoms with Gasteiger partial charge in [0.25, 0.3) is 0 Å². The summed E-state index contributed by atoms with van der Waals surface area (Å²) in [6.07, 6.45) is 5.31. The molecule has 0 aliphatic carbocycles. The maximum atomic E-state index is 9.05. The van der Waals surface area contributed by atoms with Crippen molar-refractivity contribution in [2.75, 3.05) is 33.4 Å². The van der Waals surface area contributed by atoms with Crippen molar-refractivity contribution < 1.29 is 9.84 Å². The van der Waals surface area contributed by atoms with Gasteiger partial charge in [0.05, 0.1) is 19.8 Å². The second kappa shape index (κ2) is 3.22. The van der Waals surface area contributed by atoms with Crippen molar-refractivity contribution in [3.63, 3.8) is 0 Å².